The Morgan fingerprint density at radius 2 is 2.32 bits per heavy atom. The number of benzene rings is 1. The quantitative estimate of drug-likeness (QED) is 0.811. The summed E-state index contributed by atoms with van der Waals surface area (Å²) in [6.07, 6.45) is 0.649. The molecule has 0 aliphatic carbocycles. The van der Waals surface area contributed by atoms with Gasteiger partial charge in [-0.1, -0.05) is 17.7 Å². The lowest BCUT2D eigenvalue weighted by molar-refractivity contribution is 0.252. The number of carbonyl (C=O) groups excluding carboxylic acids is 1. The average molecular weight is 297 g/mol. The van der Waals surface area contributed by atoms with E-state index in [1.165, 1.54) is 11.3 Å². The summed E-state index contributed by atoms with van der Waals surface area (Å²) < 4.78 is 0. The van der Waals surface area contributed by atoms with Gasteiger partial charge in [0.2, 0.25) is 0 Å². The van der Waals surface area contributed by atoms with Crippen LogP contribution in [0.2, 0.25) is 5.02 Å². The van der Waals surface area contributed by atoms with Gasteiger partial charge in [0, 0.05) is 29.1 Å². The molecule has 0 aliphatic rings. The zero-order valence-electron chi connectivity index (χ0n) is 10.0. The molecule has 1 aromatic heterocycles. The SMILES string of the molecule is Nc1nc(CCNC(=O)Nc2cccc(Cl)c2)cs1. The first kappa shape index (κ1) is 13.6. The second-order valence-corrected chi connectivity index (χ2v) is 5.14. The molecule has 2 aromatic rings. The molecule has 0 fully saturated rings. The molecule has 0 unspecified atom stereocenters. The van der Waals surface area contributed by atoms with E-state index in [1.807, 2.05) is 5.38 Å². The number of hydrogen-bond donors (Lipinski definition) is 3. The van der Waals surface area contributed by atoms with Gasteiger partial charge in [-0.3, -0.25) is 0 Å². The van der Waals surface area contributed by atoms with Gasteiger partial charge in [0.1, 0.15) is 0 Å². The second kappa shape index (κ2) is 6.40. The predicted octanol–water partition coefficient (Wildman–Crippen LogP) is 2.74. The number of rotatable bonds is 4. The van der Waals surface area contributed by atoms with Crippen LogP contribution < -0.4 is 16.4 Å². The minimum Gasteiger partial charge on any atom is -0.375 e. The average Bonchev–Trinajstić information content (AvgIpc) is 2.75. The molecule has 1 aromatic carbocycles. The number of hydrogen-bond acceptors (Lipinski definition) is 4. The van der Waals surface area contributed by atoms with E-state index in [-0.39, 0.29) is 6.03 Å². The molecule has 0 atom stereocenters. The first-order chi connectivity index (χ1) is 9.13. The predicted molar refractivity (Wildman–Crippen MR) is 78.7 cm³/mol. The largest absolute Gasteiger partial charge is 0.375 e. The first-order valence-electron chi connectivity index (χ1n) is 5.64. The Labute approximate surface area is 119 Å². The Balaban J connectivity index is 1.76. The van der Waals surface area contributed by atoms with Gasteiger partial charge in [0.25, 0.3) is 0 Å². The number of nitrogens with zero attached hydrogens (tertiary/aromatic N) is 1. The van der Waals surface area contributed by atoms with Crippen LogP contribution in [0.1, 0.15) is 5.69 Å². The van der Waals surface area contributed by atoms with Crippen molar-refractivity contribution in [2.45, 2.75) is 6.42 Å². The summed E-state index contributed by atoms with van der Waals surface area (Å²) in [5.41, 5.74) is 7.06. The number of nitrogen functional groups attached to an aromatic ring is 1. The van der Waals surface area contributed by atoms with Crippen LogP contribution in [0, 0.1) is 0 Å². The molecule has 0 spiro atoms. The summed E-state index contributed by atoms with van der Waals surface area (Å²) in [7, 11) is 0. The molecule has 1 heterocycles. The number of aromatic nitrogens is 1. The van der Waals surface area contributed by atoms with Gasteiger partial charge >= 0.3 is 6.03 Å². The lowest BCUT2D eigenvalue weighted by Gasteiger charge is -2.07. The monoisotopic (exact) mass is 296 g/mol. The fourth-order valence-electron chi connectivity index (χ4n) is 1.48. The van der Waals surface area contributed by atoms with E-state index >= 15 is 0 Å². The van der Waals surface area contributed by atoms with E-state index in [1.54, 1.807) is 24.3 Å². The number of nitrogens with two attached hydrogens (primary N) is 1. The molecule has 0 aliphatic heterocycles. The van der Waals surface area contributed by atoms with Crippen molar-refractivity contribution >= 4 is 39.8 Å². The molecule has 0 saturated heterocycles. The molecule has 7 heteroatoms. The zero-order chi connectivity index (χ0) is 13.7. The minimum absolute atomic E-state index is 0.273. The molecule has 100 valence electrons. The van der Waals surface area contributed by atoms with E-state index in [4.69, 9.17) is 17.3 Å². The molecular formula is C12H13ClN4OS. The van der Waals surface area contributed by atoms with Crippen molar-refractivity contribution < 1.29 is 4.79 Å². The molecule has 2 amide bonds. The molecule has 2 rings (SSSR count). The van der Waals surface area contributed by atoms with Gasteiger partial charge in [-0.2, -0.15) is 0 Å². The van der Waals surface area contributed by atoms with Crippen LogP contribution >= 0.6 is 22.9 Å². The number of carbonyl (C=O) groups is 1. The third-order valence-corrected chi connectivity index (χ3v) is 3.28. The highest BCUT2D eigenvalue weighted by Crippen LogP contribution is 2.14. The molecule has 0 bridgehead atoms. The Bertz CT molecular complexity index is 572. The maximum atomic E-state index is 11.6. The lowest BCUT2D eigenvalue weighted by Crippen LogP contribution is -2.30. The van der Waals surface area contributed by atoms with Crippen molar-refractivity contribution in [2.24, 2.45) is 0 Å². The van der Waals surface area contributed by atoms with Crippen LogP contribution in [0.4, 0.5) is 15.6 Å². The van der Waals surface area contributed by atoms with Crippen molar-refractivity contribution in [3.05, 3.63) is 40.4 Å². The third-order valence-electron chi connectivity index (χ3n) is 2.32. The van der Waals surface area contributed by atoms with Gasteiger partial charge < -0.3 is 16.4 Å². The van der Waals surface area contributed by atoms with Crippen LogP contribution in [0.3, 0.4) is 0 Å². The molecular weight excluding hydrogens is 284 g/mol. The van der Waals surface area contributed by atoms with Gasteiger partial charge in [-0.15, -0.1) is 11.3 Å². The molecule has 0 saturated carbocycles. The smallest absolute Gasteiger partial charge is 0.319 e. The molecule has 19 heavy (non-hydrogen) atoms. The Morgan fingerprint density at radius 1 is 1.47 bits per heavy atom. The summed E-state index contributed by atoms with van der Waals surface area (Å²) in [5.74, 6) is 0. The highest BCUT2D eigenvalue weighted by atomic mass is 35.5. The third kappa shape index (κ3) is 4.42. The Morgan fingerprint density at radius 3 is 3.00 bits per heavy atom. The summed E-state index contributed by atoms with van der Waals surface area (Å²) in [6, 6.07) is 6.70. The van der Waals surface area contributed by atoms with Crippen molar-refractivity contribution in [1.82, 2.24) is 10.3 Å². The Kier molecular flexibility index (Phi) is 4.59. The first-order valence-corrected chi connectivity index (χ1v) is 6.89. The number of nitrogens with one attached hydrogen (secondary N) is 2. The highest BCUT2D eigenvalue weighted by molar-refractivity contribution is 7.13. The van der Waals surface area contributed by atoms with E-state index in [2.05, 4.69) is 15.6 Å². The zero-order valence-corrected chi connectivity index (χ0v) is 11.6. The van der Waals surface area contributed by atoms with Crippen molar-refractivity contribution in [2.75, 3.05) is 17.6 Å². The van der Waals surface area contributed by atoms with Gasteiger partial charge in [0.15, 0.2) is 5.13 Å². The fourth-order valence-corrected chi connectivity index (χ4v) is 2.27. The van der Waals surface area contributed by atoms with Crippen LogP contribution in [-0.2, 0) is 6.42 Å². The summed E-state index contributed by atoms with van der Waals surface area (Å²) >= 11 is 7.22. The van der Waals surface area contributed by atoms with Crippen LogP contribution in [0.5, 0.6) is 0 Å². The number of halogens is 1. The molecule has 5 nitrogen and oxygen atoms in total. The summed E-state index contributed by atoms with van der Waals surface area (Å²) in [5, 5.41) is 8.44. The summed E-state index contributed by atoms with van der Waals surface area (Å²) in [6.45, 7) is 0.496. The number of urea groups is 1. The van der Waals surface area contributed by atoms with Gasteiger partial charge in [0.05, 0.1) is 5.69 Å². The lowest BCUT2D eigenvalue weighted by atomic mass is 10.3. The highest BCUT2D eigenvalue weighted by Gasteiger charge is 2.03. The summed E-state index contributed by atoms with van der Waals surface area (Å²) in [4.78, 5) is 15.7. The Hall–Kier alpha value is -1.79. The van der Waals surface area contributed by atoms with Crippen LogP contribution in [0.25, 0.3) is 0 Å². The van der Waals surface area contributed by atoms with Crippen LogP contribution in [-0.4, -0.2) is 17.6 Å². The topological polar surface area (TPSA) is 80.0 Å². The maximum absolute atomic E-state index is 11.6. The van der Waals surface area contributed by atoms with Crippen molar-refractivity contribution in [1.29, 1.82) is 0 Å². The van der Waals surface area contributed by atoms with Crippen LogP contribution in [0.15, 0.2) is 29.6 Å². The van der Waals surface area contributed by atoms with Crippen molar-refractivity contribution in [3.63, 3.8) is 0 Å². The number of amides is 2. The van der Waals surface area contributed by atoms with E-state index < -0.39 is 0 Å². The standard InChI is InChI=1S/C12H13ClN4OS/c13-8-2-1-3-9(6-8)17-12(18)15-5-4-10-7-19-11(14)16-10/h1-3,6-7H,4-5H2,(H2,14,16)(H2,15,17,18). The number of thiazole rings is 1. The molecule has 0 radical (unpaired) electrons. The van der Waals surface area contributed by atoms with Gasteiger partial charge in [-0.05, 0) is 18.2 Å². The van der Waals surface area contributed by atoms with E-state index in [0.717, 1.165) is 5.69 Å². The maximum Gasteiger partial charge on any atom is 0.319 e. The second-order valence-electron chi connectivity index (χ2n) is 3.82. The van der Waals surface area contributed by atoms with E-state index in [0.29, 0.717) is 28.8 Å². The minimum atomic E-state index is -0.273. The fraction of sp³-hybridized carbons (Fsp3) is 0.167. The number of anilines is 2. The van der Waals surface area contributed by atoms with E-state index in [9.17, 15) is 4.79 Å². The molecule has 4 N–H and O–H groups in total. The van der Waals surface area contributed by atoms with Gasteiger partial charge in [-0.25, -0.2) is 9.78 Å². The normalized spacial score (nSPS) is 10.2. The van der Waals surface area contributed by atoms with Crippen molar-refractivity contribution in [3.8, 4) is 0 Å².